The molecule has 1 aliphatic rings. The van der Waals surface area contributed by atoms with E-state index in [1.165, 1.54) is 18.0 Å². The molecule has 3 rings (SSSR count). The molecule has 2 amide bonds. The summed E-state index contributed by atoms with van der Waals surface area (Å²) in [5, 5.41) is 15.2. The predicted molar refractivity (Wildman–Crippen MR) is 121 cm³/mol. The molecule has 1 unspecified atom stereocenters. The van der Waals surface area contributed by atoms with Gasteiger partial charge in [-0.1, -0.05) is 0 Å². The summed E-state index contributed by atoms with van der Waals surface area (Å²) >= 11 is 0. The molecule has 1 saturated heterocycles. The SMILES string of the molecule is CN(C(=O)Cc1cc(O)no1)C(C(=O)Nc1cc(F)c(S(C)(C)C)c(F)c1)C1CCOCC1. The summed E-state index contributed by atoms with van der Waals surface area (Å²) < 4.78 is 39.6. The third-order valence-corrected chi connectivity index (χ3v) is 7.16. The summed E-state index contributed by atoms with van der Waals surface area (Å²) in [7, 11) is -0.165. The van der Waals surface area contributed by atoms with E-state index in [4.69, 9.17) is 9.26 Å². The Hall–Kier alpha value is -2.66. The van der Waals surface area contributed by atoms with E-state index in [2.05, 4.69) is 10.5 Å². The Labute approximate surface area is 192 Å². The zero-order chi connectivity index (χ0) is 24.3. The van der Waals surface area contributed by atoms with E-state index in [1.807, 2.05) is 0 Å². The summed E-state index contributed by atoms with van der Waals surface area (Å²) in [6.45, 7) is 0.886. The van der Waals surface area contributed by atoms with Crippen molar-refractivity contribution in [1.29, 1.82) is 0 Å². The largest absolute Gasteiger partial charge is 0.491 e. The minimum atomic E-state index is -1.66. The molecule has 2 aromatic rings. The number of hydrogen-bond donors (Lipinski definition) is 2. The van der Waals surface area contributed by atoms with E-state index in [1.54, 1.807) is 18.8 Å². The third-order valence-electron chi connectivity index (χ3n) is 5.54. The Balaban J connectivity index is 1.83. The average molecular weight is 486 g/mol. The van der Waals surface area contributed by atoms with Crippen LogP contribution in [0, 0.1) is 17.6 Å². The van der Waals surface area contributed by atoms with Gasteiger partial charge in [-0.05, 0) is 54.8 Å². The molecule has 2 heterocycles. The summed E-state index contributed by atoms with van der Waals surface area (Å²) in [4.78, 5) is 27.4. The number of nitrogens with zero attached hydrogens (tertiary/aromatic N) is 2. The normalized spacial score (nSPS) is 16.3. The number of rotatable bonds is 7. The minimum absolute atomic E-state index is 0.0135. The number of anilines is 1. The van der Waals surface area contributed by atoms with Crippen LogP contribution in [0.15, 0.2) is 27.6 Å². The fourth-order valence-corrected chi connectivity index (χ4v) is 5.27. The minimum Gasteiger partial charge on any atom is -0.491 e. The molecule has 1 atom stereocenters. The van der Waals surface area contributed by atoms with Crippen molar-refractivity contribution in [2.45, 2.75) is 30.2 Å². The Bertz CT molecular complexity index is 995. The second-order valence-corrected chi connectivity index (χ2v) is 12.9. The van der Waals surface area contributed by atoms with Crippen LogP contribution in [0.25, 0.3) is 0 Å². The standard InChI is InChI=1S/C22H29F2N3O5S/c1-27(19(29)12-15-11-18(28)26-32-15)20(13-5-7-31-8-6-13)22(30)25-14-9-16(23)21(17(24)10-14)33(2,3)4/h9-11,13,20H,5-8,12H2,1-4H3,(H,25,30)(H,26,28). The molecular formula is C22H29F2N3O5S. The van der Waals surface area contributed by atoms with E-state index < -0.39 is 39.5 Å². The van der Waals surface area contributed by atoms with Gasteiger partial charge in [0.2, 0.25) is 11.8 Å². The van der Waals surface area contributed by atoms with E-state index in [9.17, 15) is 23.5 Å². The topological polar surface area (TPSA) is 105 Å². The van der Waals surface area contributed by atoms with Gasteiger partial charge in [-0.3, -0.25) is 9.59 Å². The number of ether oxygens (including phenoxy) is 1. The highest BCUT2D eigenvalue weighted by atomic mass is 32.3. The number of carbonyl (C=O) groups excluding carboxylic acids is 2. The first-order valence-corrected chi connectivity index (χ1v) is 13.3. The van der Waals surface area contributed by atoms with Crippen molar-refractivity contribution in [3.8, 4) is 5.88 Å². The Morgan fingerprint density at radius 1 is 1.21 bits per heavy atom. The van der Waals surface area contributed by atoms with E-state index in [0.29, 0.717) is 26.1 Å². The van der Waals surface area contributed by atoms with Crippen molar-refractivity contribution >= 4 is 27.5 Å². The molecule has 0 radical (unpaired) electrons. The number of halogens is 2. The van der Waals surface area contributed by atoms with Crippen molar-refractivity contribution in [2.24, 2.45) is 5.92 Å². The number of likely N-dealkylation sites (N-methyl/N-ethyl adjacent to an activating group) is 1. The van der Waals surface area contributed by atoms with Gasteiger partial charge in [0.05, 0.1) is 11.3 Å². The Kier molecular flexibility index (Phi) is 7.63. The maximum atomic E-state index is 14.7. The highest BCUT2D eigenvalue weighted by Gasteiger charge is 2.36. The molecule has 0 spiro atoms. The lowest BCUT2D eigenvalue weighted by atomic mass is 9.89. The van der Waals surface area contributed by atoms with Gasteiger partial charge in [0.15, 0.2) is 0 Å². The molecule has 182 valence electrons. The lowest BCUT2D eigenvalue weighted by Crippen LogP contribution is -2.51. The maximum absolute atomic E-state index is 14.7. The van der Waals surface area contributed by atoms with Gasteiger partial charge in [0, 0.05) is 32.0 Å². The van der Waals surface area contributed by atoms with Gasteiger partial charge in [0.1, 0.15) is 23.4 Å². The number of aromatic hydroxyl groups is 1. The van der Waals surface area contributed by atoms with Crippen molar-refractivity contribution in [1.82, 2.24) is 10.1 Å². The van der Waals surface area contributed by atoms with Gasteiger partial charge in [0.25, 0.3) is 5.88 Å². The maximum Gasteiger partial charge on any atom is 0.251 e. The predicted octanol–water partition coefficient (Wildman–Crippen LogP) is 3.15. The highest BCUT2D eigenvalue weighted by Crippen LogP contribution is 2.48. The van der Waals surface area contributed by atoms with Crippen LogP contribution in [0.1, 0.15) is 18.6 Å². The summed E-state index contributed by atoms with van der Waals surface area (Å²) in [5.74, 6) is -2.81. The molecule has 0 saturated carbocycles. The van der Waals surface area contributed by atoms with Crippen LogP contribution in [0.2, 0.25) is 0 Å². The number of amides is 2. The summed E-state index contributed by atoms with van der Waals surface area (Å²) in [6, 6.07) is 2.54. The molecule has 1 aromatic carbocycles. The molecule has 0 aliphatic carbocycles. The van der Waals surface area contributed by atoms with Crippen molar-refractivity contribution in [3.63, 3.8) is 0 Å². The fourth-order valence-electron chi connectivity index (χ4n) is 3.99. The van der Waals surface area contributed by atoms with Crippen LogP contribution in [0.3, 0.4) is 0 Å². The molecule has 8 nitrogen and oxygen atoms in total. The van der Waals surface area contributed by atoms with Gasteiger partial charge < -0.3 is 24.6 Å². The molecule has 2 N–H and O–H groups in total. The van der Waals surface area contributed by atoms with Crippen LogP contribution in [-0.2, 0) is 20.7 Å². The number of carbonyl (C=O) groups is 2. The number of aromatic nitrogens is 1. The lowest BCUT2D eigenvalue weighted by molar-refractivity contribution is -0.139. The monoisotopic (exact) mass is 485 g/mol. The quantitative estimate of drug-likeness (QED) is 0.624. The lowest BCUT2D eigenvalue weighted by Gasteiger charge is -2.35. The van der Waals surface area contributed by atoms with Gasteiger partial charge in [-0.25, -0.2) is 18.8 Å². The van der Waals surface area contributed by atoms with Gasteiger partial charge in [-0.2, -0.15) is 0 Å². The molecule has 0 bridgehead atoms. The average Bonchev–Trinajstić information content (AvgIpc) is 3.11. The number of benzene rings is 1. The van der Waals surface area contributed by atoms with Crippen LogP contribution in [0.4, 0.5) is 14.5 Å². The first kappa shape index (κ1) is 25.0. The van der Waals surface area contributed by atoms with Gasteiger partial charge >= 0.3 is 0 Å². The second-order valence-electron chi connectivity index (χ2n) is 8.82. The van der Waals surface area contributed by atoms with E-state index in [0.717, 1.165) is 12.1 Å². The fraction of sp³-hybridized carbons (Fsp3) is 0.500. The zero-order valence-electron chi connectivity index (χ0n) is 19.1. The van der Waals surface area contributed by atoms with Crippen LogP contribution >= 0.6 is 10.0 Å². The highest BCUT2D eigenvalue weighted by molar-refractivity contribution is 8.32. The molecule has 33 heavy (non-hydrogen) atoms. The third kappa shape index (κ3) is 6.02. The van der Waals surface area contributed by atoms with Crippen LogP contribution in [-0.4, -0.2) is 72.0 Å². The van der Waals surface area contributed by atoms with Crippen LogP contribution < -0.4 is 5.32 Å². The van der Waals surface area contributed by atoms with E-state index >= 15 is 0 Å². The molecular weight excluding hydrogens is 456 g/mol. The molecule has 1 aliphatic heterocycles. The molecule has 11 heteroatoms. The van der Waals surface area contributed by atoms with Crippen molar-refractivity contribution in [3.05, 3.63) is 35.6 Å². The van der Waals surface area contributed by atoms with Gasteiger partial charge in [-0.15, -0.1) is 0 Å². The van der Waals surface area contributed by atoms with Crippen LogP contribution in [0.5, 0.6) is 5.88 Å². The van der Waals surface area contributed by atoms with Crippen molar-refractivity contribution < 1.29 is 32.7 Å². The smallest absolute Gasteiger partial charge is 0.251 e. The van der Waals surface area contributed by atoms with Crippen molar-refractivity contribution in [2.75, 3.05) is 44.3 Å². The Morgan fingerprint density at radius 2 is 1.82 bits per heavy atom. The summed E-state index contributed by atoms with van der Waals surface area (Å²) in [5.41, 5.74) is -0.0135. The first-order valence-electron chi connectivity index (χ1n) is 10.4. The second kappa shape index (κ2) is 10.1. The van der Waals surface area contributed by atoms with E-state index in [-0.39, 0.29) is 34.6 Å². The zero-order valence-corrected chi connectivity index (χ0v) is 19.9. The number of hydrogen-bond acceptors (Lipinski definition) is 6. The molecule has 1 aromatic heterocycles. The molecule has 1 fully saturated rings. The Morgan fingerprint density at radius 3 is 2.33 bits per heavy atom. The summed E-state index contributed by atoms with van der Waals surface area (Å²) in [6.07, 6.45) is 6.24. The first-order chi connectivity index (χ1) is 15.5. The number of nitrogens with one attached hydrogen (secondary N) is 1.